The van der Waals surface area contributed by atoms with Gasteiger partial charge in [0.15, 0.2) is 0 Å². The van der Waals surface area contributed by atoms with Crippen molar-refractivity contribution in [1.29, 1.82) is 0 Å². The van der Waals surface area contributed by atoms with Crippen LogP contribution in [-0.2, 0) is 11.3 Å². The Morgan fingerprint density at radius 3 is 3.29 bits per heavy atom. The second kappa shape index (κ2) is 4.50. The smallest absolute Gasteiger partial charge is 0.0853 e. The van der Waals surface area contributed by atoms with Crippen LogP contribution in [0, 0.1) is 0 Å². The molecule has 0 amide bonds. The molecule has 0 bridgehead atoms. The average molecular weight is 194 g/mol. The fourth-order valence-corrected chi connectivity index (χ4v) is 1.58. The highest BCUT2D eigenvalue weighted by Crippen LogP contribution is 2.15. The number of pyridine rings is 1. The van der Waals surface area contributed by atoms with Gasteiger partial charge in [-0.25, -0.2) is 0 Å². The maximum atomic E-state index is 8.95. The monoisotopic (exact) mass is 194 g/mol. The third-order valence-electron chi connectivity index (χ3n) is 2.33. The van der Waals surface area contributed by atoms with Crippen LogP contribution >= 0.6 is 0 Å². The fraction of sp³-hybridized carbons (Fsp3) is 0.500. The van der Waals surface area contributed by atoms with Crippen molar-refractivity contribution in [2.75, 3.05) is 19.8 Å². The lowest BCUT2D eigenvalue weighted by Gasteiger charge is -2.24. The first kappa shape index (κ1) is 9.58. The van der Waals surface area contributed by atoms with Crippen LogP contribution in [0.4, 0.5) is 0 Å². The van der Waals surface area contributed by atoms with Crippen molar-refractivity contribution >= 4 is 0 Å². The lowest BCUT2D eigenvalue weighted by Crippen LogP contribution is -2.34. The third kappa shape index (κ3) is 2.09. The van der Waals surface area contributed by atoms with Gasteiger partial charge in [0.1, 0.15) is 0 Å². The van der Waals surface area contributed by atoms with Gasteiger partial charge in [0.05, 0.1) is 31.6 Å². The van der Waals surface area contributed by atoms with Crippen LogP contribution in [-0.4, -0.2) is 29.8 Å². The minimum atomic E-state index is -0.0125. The van der Waals surface area contributed by atoms with Crippen LogP contribution in [0.15, 0.2) is 18.3 Å². The van der Waals surface area contributed by atoms with Gasteiger partial charge < -0.3 is 15.2 Å². The number of aromatic nitrogens is 1. The molecule has 1 atom stereocenters. The number of aliphatic hydroxyl groups excluding tert-OH is 1. The van der Waals surface area contributed by atoms with E-state index < -0.39 is 0 Å². The van der Waals surface area contributed by atoms with Gasteiger partial charge in [0, 0.05) is 12.7 Å². The predicted molar refractivity (Wildman–Crippen MR) is 51.7 cm³/mol. The molecule has 0 saturated carbocycles. The summed E-state index contributed by atoms with van der Waals surface area (Å²) in [6, 6.07) is 4.09. The van der Waals surface area contributed by atoms with E-state index >= 15 is 0 Å². The molecule has 2 N–H and O–H groups in total. The largest absolute Gasteiger partial charge is 0.390 e. The number of aliphatic hydroxyl groups is 1. The number of hydrogen-bond donors (Lipinski definition) is 2. The summed E-state index contributed by atoms with van der Waals surface area (Å²) in [5.41, 5.74) is 1.83. The maximum absolute atomic E-state index is 8.95. The normalized spacial score (nSPS) is 22.2. The highest BCUT2D eigenvalue weighted by molar-refractivity contribution is 5.20. The van der Waals surface area contributed by atoms with Gasteiger partial charge in [-0.15, -0.1) is 0 Å². The van der Waals surface area contributed by atoms with Gasteiger partial charge in [-0.05, 0) is 17.7 Å². The molecule has 0 radical (unpaired) electrons. The summed E-state index contributed by atoms with van der Waals surface area (Å²) in [7, 11) is 0. The highest BCUT2D eigenvalue weighted by Gasteiger charge is 2.15. The van der Waals surface area contributed by atoms with E-state index in [4.69, 9.17) is 9.84 Å². The zero-order valence-electron chi connectivity index (χ0n) is 7.94. The van der Waals surface area contributed by atoms with E-state index in [2.05, 4.69) is 10.3 Å². The molecule has 1 saturated heterocycles. The minimum Gasteiger partial charge on any atom is -0.390 e. The molecule has 76 valence electrons. The Bertz CT molecular complexity index is 298. The summed E-state index contributed by atoms with van der Waals surface area (Å²) in [5.74, 6) is 0. The van der Waals surface area contributed by atoms with Crippen LogP contribution in [0.2, 0.25) is 0 Å². The van der Waals surface area contributed by atoms with Crippen molar-refractivity contribution in [1.82, 2.24) is 10.3 Å². The molecule has 0 aromatic carbocycles. The summed E-state index contributed by atoms with van der Waals surface area (Å²) in [6.45, 7) is 2.33. The summed E-state index contributed by atoms with van der Waals surface area (Å²) < 4.78 is 5.36. The molecule has 1 aliphatic heterocycles. The van der Waals surface area contributed by atoms with E-state index in [9.17, 15) is 0 Å². The molecule has 1 aromatic rings. The molecular weight excluding hydrogens is 180 g/mol. The first-order chi connectivity index (χ1) is 6.90. The Morgan fingerprint density at radius 2 is 2.57 bits per heavy atom. The minimum absolute atomic E-state index is 0.0125. The molecular formula is C10H14N2O2. The molecule has 0 spiro atoms. The van der Waals surface area contributed by atoms with Gasteiger partial charge in [0.25, 0.3) is 0 Å². The number of rotatable bonds is 2. The number of nitrogens with zero attached hydrogens (tertiary/aromatic N) is 1. The van der Waals surface area contributed by atoms with Crippen molar-refractivity contribution in [2.45, 2.75) is 12.6 Å². The van der Waals surface area contributed by atoms with E-state index in [0.29, 0.717) is 12.3 Å². The van der Waals surface area contributed by atoms with Crippen molar-refractivity contribution in [3.63, 3.8) is 0 Å². The Kier molecular flexibility index (Phi) is 3.08. The van der Waals surface area contributed by atoms with Crippen LogP contribution in [0.5, 0.6) is 0 Å². The predicted octanol–water partition coefficient (Wildman–Crippen LogP) is 0.235. The van der Waals surface area contributed by atoms with E-state index in [1.165, 1.54) is 0 Å². The van der Waals surface area contributed by atoms with Crippen LogP contribution in [0.3, 0.4) is 0 Å². The molecule has 4 heteroatoms. The van der Waals surface area contributed by atoms with Crippen LogP contribution in [0.25, 0.3) is 0 Å². The number of ether oxygens (including phenoxy) is 1. The summed E-state index contributed by atoms with van der Waals surface area (Å²) in [6.07, 6.45) is 1.72. The lowest BCUT2D eigenvalue weighted by atomic mass is 10.1. The van der Waals surface area contributed by atoms with Crippen molar-refractivity contribution in [2.24, 2.45) is 0 Å². The molecule has 1 aliphatic rings. The zero-order valence-corrected chi connectivity index (χ0v) is 7.94. The molecule has 1 aromatic heterocycles. The van der Waals surface area contributed by atoms with E-state index in [1.54, 1.807) is 6.20 Å². The van der Waals surface area contributed by atoms with Crippen LogP contribution in [0.1, 0.15) is 17.3 Å². The molecule has 1 unspecified atom stereocenters. The summed E-state index contributed by atoms with van der Waals surface area (Å²) in [5, 5.41) is 12.3. The molecule has 14 heavy (non-hydrogen) atoms. The Hall–Kier alpha value is -0.970. The zero-order chi connectivity index (χ0) is 9.80. The standard InChI is InChI=1S/C10H14N2O2/c13-6-9-5-8(1-2-11-9)10-7-14-4-3-12-10/h1-2,5,10,12-13H,3-4,6-7H2. The highest BCUT2D eigenvalue weighted by atomic mass is 16.5. The van der Waals surface area contributed by atoms with Crippen molar-refractivity contribution in [3.8, 4) is 0 Å². The van der Waals surface area contributed by atoms with Gasteiger partial charge in [-0.3, -0.25) is 4.98 Å². The van der Waals surface area contributed by atoms with Gasteiger partial charge in [-0.1, -0.05) is 0 Å². The van der Waals surface area contributed by atoms with E-state index in [0.717, 1.165) is 18.7 Å². The second-order valence-electron chi connectivity index (χ2n) is 3.32. The van der Waals surface area contributed by atoms with Gasteiger partial charge in [0.2, 0.25) is 0 Å². The average Bonchev–Trinajstić information content (AvgIpc) is 2.30. The quantitative estimate of drug-likeness (QED) is 0.708. The number of nitrogens with one attached hydrogen (secondary N) is 1. The summed E-state index contributed by atoms with van der Waals surface area (Å²) in [4.78, 5) is 4.03. The summed E-state index contributed by atoms with van der Waals surface area (Å²) >= 11 is 0. The Labute approximate surface area is 82.9 Å². The fourth-order valence-electron chi connectivity index (χ4n) is 1.58. The Balaban J connectivity index is 2.13. The van der Waals surface area contributed by atoms with Crippen molar-refractivity contribution < 1.29 is 9.84 Å². The molecule has 2 rings (SSSR count). The van der Waals surface area contributed by atoms with Crippen LogP contribution < -0.4 is 5.32 Å². The molecule has 4 nitrogen and oxygen atoms in total. The van der Waals surface area contributed by atoms with Gasteiger partial charge >= 0.3 is 0 Å². The first-order valence-electron chi connectivity index (χ1n) is 4.77. The van der Waals surface area contributed by atoms with E-state index in [-0.39, 0.29) is 12.6 Å². The Morgan fingerprint density at radius 1 is 1.64 bits per heavy atom. The number of hydrogen-bond acceptors (Lipinski definition) is 4. The molecule has 1 fully saturated rings. The van der Waals surface area contributed by atoms with Gasteiger partial charge in [-0.2, -0.15) is 0 Å². The third-order valence-corrected chi connectivity index (χ3v) is 2.33. The first-order valence-corrected chi connectivity index (χ1v) is 4.77. The topological polar surface area (TPSA) is 54.4 Å². The lowest BCUT2D eigenvalue weighted by molar-refractivity contribution is 0.0768. The van der Waals surface area contributed by atoms with Crippen molar-refractivity contribution in [3.05, 3.63) is 29.6 Å². The molecule has 2 heterocycles. The molecule has 0 aliphatic carbocycles. The SMILES string of the molecule is OCc1cc(C2COCCN2)ccn1. The second-order valence-corrected chi connectivity index (χ2v) is 3.32. The van der Waals surface area contributed by atoms with E-state index in [1.807, 2.05) is 12.1 Å². The maximum Gasteiger partial charge on any atom is 0.0853 e. The number of morpholine rings is 1.